The summed E-state index contributed by atoms with van der Waals surface area (Å²) in [7, 11) is 0. The number of rotatable bonds is 0. The van der Waals surface area contributed by atoms with E-state index in [2.05, 4.69) is 0 Å². The van der Waals surface area contributed by atoms with Gasteiger partial charge in [0.2, 0.25) is 0 Å². The fourth-order valence-corrected chi connectivity index (χ4v) is 0. The van der Waals surface area contributed by atoms with E-state index in [1.807, 2.05) is 0 Å². The summed E-state index contributed by atoms with van der Waals surface area (Å²) < 4.78 is 0. The van der Waals surface area contributed by atoms with Crippen molar-refractivity contribution in [3.63, 3.8) is 0 Å². The van der Waals surface area contributed by atoms with Crippen molar-refractivity contribution in [2.45, 2.75) is 13.8 Å². The van der Waals surface area contributed by atoms with Gasteiger partial charge in [-0.05, 0) is 0 Å². The molecule has 0 saturated carbocycles. The van der Waals surface area contributed by atoms with E-state index in [0.717, 1.165) is 0 Å². The topological polar surface area (TPSA) is 47.6 Å². The third kappa shape index (κ3) is 463. The van der Waals surface area contributed by atoms with Gasteiger partial charge in [-0.1, -0.05) is 0 Å². The quantitative estimate of drug-likeness (QED) is 0.529. The average Bonchev–Trinajstić information content (AvgIpc) is 1.39. The van der Waals surface area contributed by atoms with Crippen LogP contribution in [0.15, 0.2) is 0 Å². The van der Waals surface area contributed by atoms with Crippen molar-refractivity contribution in [1.82, 2.24) is 0 Å². The Bertz CT molecular complexity index is 64.7. The van der Waals surface area contributed by atoms with E-state index in [4.69, 9.17) is 10.5 Å². The first-order valence-electron chi connectivity index (χ1n) is 1.45. The van der Waals surface area contributed by atoms with Crippen molar-refractivity contribution in [3.8, 4) is 12.1 Å². The maximum Gasteiger partial charge on any atom is 0.0587 e. The zero-order valence-electron chi connectivity index (χ0n) is 4.23. The molecule has 0 atom stereocenters. The normalized spacial score (nSPS) is 2.29. The summed E-state index contributed by atoms with van der Waals surface area (Å²) in [5.41, 5.74) is 0. The van der Waals surface area contributed by atoms with Crippen LogP contribution < -0.4 is 0 Å². The van der Waals surface area contributed by atoms with E-state index in [1.165, 1.54) is 13.8 Å². The van der Waals surface area contributed by atoms with Gasteiger partial charge < -0.3 is 0 Å². The van der Waals surface area contributed by atoms with E-state index in [-0.39, 0.29) is 19.5 Å². The monoisotopic (exact) mass is 185 g/mol. The molecule has 0 amide bonds. The van der Waals surface area contributed by atoms with Crippen LogP contribution in [0.3, 0.4) is 0 Å². The molecule has 0 heterocycles. The summed E-state index contributed by atoms with van der Waals surface area (Å²) in [6.45, 7) is 2.86. The zero-order chi connectivity index (χ0) is 5.41. The third-order valence-corrected chi connectivity index (χ3v) is 0. The van der Waals surface area contributed by atoms with Crippen molar-refractivity contribution >= 4 is 0 Å². The molecular weight excluding hydrogens is 179 g/mol. The standard InChI is InChI=1S/2C2H3N.Rh/c2*1-2-3;/h2*1H3;. The number of hydrogen-bond donors (Lipinski definition) is 0. The number of nitrogens with zero attached hydrogens (tertiary/aromatic N) is 2. The van der Waals surface area contributed by atoms with Crippen LogP contribution in [-0.2, 0) is 19.5 Å². The van der Waals surface area contributed by atoms with Gasteiger partial charge in [0, 0.05) is 33.3 Å². The van der Waals surface area contributed by atoms with Crippen LogP contribution in [0.4, 0.5) is 0 Å². The minimum absolute atomic E-state index is 0. The van der Waals surface area contributed by atoms with Gasteiger partial charge in [-0.15, -0.1) is 0 Å². The third-order valence-electron chi connectivity index (χ3n) is 0. The van der Waals surface area contributed by atoms with Gasteiger partial charge in [0.25, 0.3) is 0 Å². The Morgan fingerprint density at radius 1 is 1.00 bits per heavy atom. The van der Waals surface area contributed by atoms with Gasteiger partial charge in [-0.2, -0.15) is 10.5 Å². The fourth-order valence-electron chi connectivity index (χ4n) is 0. The summed E-state index contributed by atoms with van der Waals surface area (Å²) >= 11 is 0. The second-order valence-corrected chi connectivity index (χ2v) is 0.447. The first-order valence-corrected chi connectivity index (χ1v) is 1.45. The van der Waals surface area contributed by atoms with E-state index < -0.39 is 0 Å². The van der Waals surface area contributed by atoms with Crippen LogP contribution in [0, 0.1) is 22.7 Å². The minimum Gasteiger partial charge on any atom is -0.199 e. The molecule has 0 fully saturated rings. The molecule has 0 saturated heterocycles. The molecule has 0 aliphatic carbocycles. The molecule has 0 aromatic heterocycles. The Balaban J connectivity index is -0.0000000400. The van der Waals surface area contributed by atoms with Crippen molar-refractivity contribution in [2.24, 2.45) is 0 Å². The second-order valence-electron chi connectivity index (χ2n) is 0.447. The molecular formula is C4H6N2Rh. The largest absolute Gasteiger partial charge is 0.199 e. The van der Waals surface area contributed by atoms with Crippen molar-refractivity contribution in [1.29, 1.82) is 10.5 Å². The Hall–Kier alpha value is -0.397. The number of nitriles is 2. The molecule has 2 nitrogen and oxygen atoms in total. The van der Waals surface area contributed by atoms with Crippen molar-refractivity contribution in [2.75, 3.05) is 0 Å². The predicted octanol–water partition coefficient (Wildman–Crippen LogP) is 1.06. The Morgan fingerprint density at radius 2 is 1.00 bits per heavy atom. The molecule has 0 aliphatic rings. The molecule has 0 aromatic carbocycles. The minimum atomic E-state index is 0. The fraction of sp³-hybridized carbons (Fsp3) is 0.500. The van der Waals surface area contributed by atoms with Crippen LogP contribution in [0.2, 0.25) is 0 Å². The first-order chi connectivity index (χ1) is 2.83. The smallest absolute Gasteiger partial charge is 0.0587 e. The second kappa shape index (κ2) is 46.2. The molecule has 0 unspecified atom stereocenters. The predicted molar refractivity (Wildman–Crippen MR) is 22.6 cm³/mol. The maximum absolute atomic E-state index is 7.32. The van der Waals surface area contributed by atoms with Crippen LogP contribution in [0.1, 0.15) is 13.8 Å². The Morgan fingerprint density at radius 3 is 1.00 bits per heavy atom. The van der Waals surface area contributed by atoms with Gasteiger partial charge >= 0.3 is 0 Å². The molecule has 0 bridgehead atoms. The van der Waals surface area contributed by atoms with E-state index in [9.17, 15) is 0 Å². The van der Waals surface area contributed by atoms with Crippen LogP contribution >= 0.6 is 0 Å². The molecule has 41 valence electrons. The van der Waals surface area contributed by atoms with Gasteiger partial charge in [-0.3, -0.25) is 0 Å². The van der Waals surface area contributed by atoms with Gasteiger partial charge in [0.15, 0.2) is 0 Å². The van der Waals surface area contributed by atoms with Crippen molar-refractivity contribution < 1.29 is 19.5 Å². The van der Waals surface area contributed by atoms with Crippen LogP contribution in [0.5, 0.6) is 0 Å². The van der Waals surface area contributed by atoms with E-state index in [0.29, 0.717) is 0 Å². The van der Waals surface area contributed by atoms with Crippen molar-refractivity contribution in [3.05, 3.63) is 0 Å². The summed E-state index contributed by atoms with van der Waals surface area (Å²) in [5.74, 6) is 0. The zero-order valence-corrected chi connectivity index (χ0v) is 5.87. The summed E-state index contributed by atoms with van der Waals surface area (Å²) in [4.78, 5) is 0. The molecule has 0 aromatic rings. The SMILES string of the molecule is CC#N.CC#N.[Rh]. The molecule has 1 radical (unpaired) electrons. The average molecular weight is 185 g/mol. The maximum atomic E-state index is 7.32. The summed E-state index contributed by atoms with van der Waals surface area (Å²) in [6, 6.07) is 3.50. The van der Waals surface area contributed by atoms with E-state index in [1.54, 1.807) is 12.1 Å². The molecule has 3 heteroatoms. The van der Waals surface area contributed by atoms with Crippen LogP contribution in [-0.4, -0.2) is 0 Å². The van der Waals surface area contributed by atoms with E-state index >= 15 is 0 Å². The Kier molecular flexibility index (Phi) is 105. The van der Waals surface area contributed by atoms with Gasteiger partial charge in [0.1, 0.15) is 0 Å². The number of hydrogen-bond acceptors (Lipinski definition) is 2. The van der Waals surface area contributed by atoms with Crippen LogP contribution in [0.25, 0.3) is 0 Å². The first kappa shape index (κ1) is 16.0. The molecule has 0 spiro atoms. The molecule has 0 rings (SSSR count). The molecule has 0 aliphatic heterocycles. The summed E-state index contributed by atoms with van der Waals surface area (Å²) in [5, 5.41) is 14.6. The Labute approximate surface area is 56.5 Å². The van der Waals surface area contributed by atoms with Gasteiger partial charge in [-0.25, -0.2) is 0 Å². The molecule has 7 heavy (non-hydrogen) atoms. The van der Waals surface area contributed by atoms with Gasteiger partial charge in [0.05, 0.1) is 12.1 Å². The summed E-state index contributed by atoms with van der Waals surface area (Å²) in [6.07, 6.45) is 0. The molecule has 0 N–H and O–H groups in total.